The Balaban J connectivity index is 1.63. The summed E-state index contributed by atoms with van der Waals surface area (Å²) < 4.78 is 13.3. The lowest BCUT2D eigenvalue weighted by Crippen LogP contribution is -2.38. The highest BCUT2D eigenvalue weighted by atomic mass is 35.5. The number of pyridine rings is 1. The molecule has 3 aromatic heterocycles. The van der Waals surface area contributed by atoms with Crippen LogP contribution in [0.5, 0.6) is 5.88 Å². The molecule has 0 saturated carbocycles. The highest BCUT2D eigenvalue weighted by Crippen LogP contribution is 2.27. The summed E-state index contributed by atoms with van der Waals surface area (Å²) in [5.74, 6) is 0.236. The second kappa shape index (κ2) is 9.93. The number of aryl methyl sites for hydroxylation is 1. The van der Waals surface area contributed by atoms with Crippen LogP contribution in [0.4, 0.5) is 5.82 Å². The fourth-order valence-corrected chi connectivity index (χ4v) is 3.32. The van der Waals surface area contributed by atoms with Gasteiger partial charge in [-0.15, -0.1) is 0 Å². The number of benzene rings is 1. The van der Waals surface area contributed by atoms with Crippen LogP contribution in [0.3, 0.4) is 0 Å². The molecule has 1 N–H and O–H groups in total. The molecule has 0 bridgehead atoms. The van der Waals surface area contributed by atoms with Crippen LogP contribution in [0.1, 0.15) is 19.4 Å². The van der Waals surface area contributed by atoms with Gasteiger partial charge in [0.25, 0.3) is 5.91 Å². The number of hydrogen-bond donors (Lipinski definition) is 1. The molecule has 3 heterocycles. The predicted molar refractivity (Wildman–Crippen MR) is 125 cm³/mol. The third-order valence-electron chi connectivity index (χ3n) is 4.70. The number of nitrogens with zero attached hydrogens (tertiary/aromatic N) is 5. The van der Waals surface area contributed by atoms with Crippen molar-refractivity contribution < 1.29 is 14.3 Å². The number of para-hydroxylation sites is 1. The average Bonchev–Trinajstić information content (AvgIpc) is 3.21. The first kappa shape index (κ1) is 22.6. The molecule has 0 aliphatic carbocycles. The van der Waals surface area contributed by atoms with Crippen LogP contribution in [0.25, 0.3) is 16.7 Å². The molecule has 1 unspecified atom stereocenters. The average molecular weight is 467 g/mol. The number of rotatable bonds is 8. The van der Waals surface area contributed by atoms with E-state index < -0.39 is 12.0 Å². The van der Waals surface area contributed by atoms with Gasteiger partial charge in [0.2, 0.25) is 12.0 Å². The van der Waals surface area contributed by atoms with Crippen LogP contribution in [0.2, 0.25) is 5.02 Å². The lowest BCUT2D eigenvalue weighted by atomic mass is 10.3. The van der Waals surface area contributed by atoms with Crippen molar-refractivity contribution in [3.63, 3.8) is 0 Å². The second-order valence-corrected chi connectivity index (χ2v) is 8.03. The largest absolute Gasteiger partial charge is 0.461 e. The zero-order valence-electron chi connectivity index (χ0n) is 18.4. The van der Waals surface area contributed by atoms with Gasteiger partial charge in [-0.05, 0) is 50.6 Å². The van der Waals surface area contributed by atoms with Gasteiger partial charge < -0.3 is 14.8 Å². The van der Waals surface area contributed by atoms with Crippen molar-refractivity contribution in [3.05, 3.63) is 65.7 Å². The van der Waals surface area contributed by atoms with Crippen LogP contribution in [0, 0.1) is 6.92 Å². The van der Waals surface area contributed by atoms with Gasteiger partial charge in [-0.3, -0.25) is 4.79 Å². The SMILES string of the molecule is Cc1ccnc(NC(=O)C(COC(C)C)Oc2ncnc3c2cnn3-c2ccccc2Cl)c1. The second-order valence-electron chi connectivity index (χ2n) is 7.62. The number of amides is 1. The summed E-state index contributed by atoms with van der Waals surface area (Å²) in [6.45, 7) is 5.71. The number of aromatic nitrogens is 5. The summed E-state index contributed by atoms with van der Waals surface area (Å²) in [6, 6.07) is 10.9. The molecule has 1 atom stereocenters. The molecule has 4 rings (SSSR count). The Morgan fingerprint density at radius 3 is 2.76 bits per heavy atom. The van der Waals surface area contributed by atoms with E-state index >= 15 is 0 Å². The predicted octanol–water partition coefficient (Wildman–Crippen LogP) is 3.98. The lowest BCUT2D eigenvalue weighted by molar-refractivity contribution is -0.126. The normalized spacial score (nSPS) is 12.2. The van der Waals surface area contributed by atoms with Crippen molar-refractivity contribution >= 4 is 34.4 Å². The van der Waals surface area contributed by atoms with Crippen LogP contribution >= 0.6 is 11.6 Å². The Labute approximate surface area is 195 Å². The van der Waals surface area contributed by atoms with Gasteiger partial charge in [-0.1, -0.05) is 23.7 Å². The van der Waals surface area contributed by atoms with E-state index in [1.54, 1.807) is 29.2 Å². The number of anilines is 1. The minimum atomic E-state index is -0.975. The van der Waals surface area contributed by atoms with Crippen LogP contribution in [-0.2, 0) is 9.53 Å². The lowest BCUT2D eigenvalue weighted by Gasteiger charge is -2.19. The first-order valence-electron chi connectivity index (χ1n) is 10.4. The molecule has 9 nitrogen and oxygen atoms in total. The molecular weight excluding hydrogens is 444 g/mol. The molecule has 170 valence electrons. The van der Waals surface area contributed by atoms with Gasteiger partial charge in [0.05, 0.1) is 29.6 Å². The number of fused-ring (bicyclic) bond motifs is 1. The zero-order chi connectivity index (χ0) is 23.4. The molecule has 10 heteroatoms. The van der Waals surface area contributed by atoms with E-state index in [4.69, 9.17) is 21.1 Å². The standard InChI is InChI=1S/C23H23ClN6O3/c1-14(2)32-12-19(22(31)29-20-10-15(3)8-9-25-20)33-23-16-11-28-30(21(16)26-13-27-23)18-7-5-4-6-17(18)24/h4-11,13-14,19H,12H2,1-3H3,(H,25,29,31). The number of halogens is 1. The van der Waals surface area contributed by atoms with Gasteiger partial charge in [-0.25, -0.2) is 19.6 Å². The molecule has 1 aromatic carbocycles. The number of ether oxygens (including phenoxy) is 2. The highest BCUT2D eigenvalue weighted by molar-refractivity contribution is 6.32. The van der Waals surface area contributed by atoms with Crippen molar-refractivity contribution in [1.82, 2.24) is 24.7 Å². The van der Waals surface area contributed by atoms with E-state index in [0.29, 0.717) is 27.6 Å². The maximum Gasteiger partial charge on any atom is 0.269 e. The summed E-state index contributed by atoms with van der Waals surface area (Å²) in [4.78, 5) is 25.8. The Morgan fingerprint density at radius 1 is 1.18 bits per heavy atom. The molecule has 0 aliphatic heterocycles. The number of nitrogens with one attached hydrogen (secondary N) is 1. The van der Waals surface area contributed by atoms with Crippen molar-refractivity contribution in [2.75, 3.05) is 11.9 Å². The van der Waals surface area contributed by atoms with Gasteiger partial charge in [0, 0.05) is 6.20 Å². The number of hydrogen-bond acceptors (Lipinski definition) is 7. The van der Waals surface area contributed by atoms with E-state index in [0.717, 1.165) is 5.56 Å². The molecule has 1 amide bonds. The Hall–Kier alpha value is -3.56. The maximum absolute atomic E-state index is 13.0. The molecule has 4 aromatic rings. The number of carbonyl (C=O) groups excluding carboxylic acids is 1. The zero-order valence-corrected chi connectivity index (χ0v) is 19.2. The fraction of sp³-hybridized carbons (Fsp3) is 0.261. The summed E-state index contributed by atoms with van der Waals surface area (Å²) in [5, 5.41) is 8.24. The molecular formula is C23H23ClN6O3. The highest BCUT2D eigenvalue weighted by Gasteiger charge is 2.25. The van der Waals surface area contributed by atoms with Crippen molar-refractivity contribution in [2.45, 2.75) is 33.0 Å². The fourth-order valence-electron chi connectivity index (χ4n) is 3.11. The Bertz CT molecular complexity index is 1280. The van der Waals surface area contributed by atoms with Crippen molar-refractivity contribution in [3.8, 4) is 11.6 Å². The van der Waals surface area contributed by atoms with Crippen LogP contribution < -0.4 is 10.1 Å². The Morgan fingerprint density at radius 2 is 2.00 bits per heavy atom. The molecule has 0 saturated heterocycles. The maximum atomic E-state index is 13.0. The molecule has 0 radical (unpaired) electrons. The van der Waals surface area contributed by atoms with Crippen LogP contribution in [-0.4, -0.2) is 49.5 Å². The van der Waals surface area contributed by atoms with E-state index in [1.165, 1.54) is 6.33 Å². The first-order valence-corrected chi connectivity index (χ1v) is 10.8. The molecule has 33 heavy (non-hydrogen) atoms. The van der Waals surface area contributed by atoms with Crippen molar-refractivity contribution in [1.29, 1.82) is 0 Å². The summed E-state index contributed by atoms with van der Waals surface area (Å²) in [7, 11) is 0. The third kappa shape index (κ3) is 5.27. The third-order valence-corrected chi connectivity index (χ3v) is 5.02. The summed E-state index contributed by atoms with van der Waals surface area (Å²) >= 11 is 6.33. The van der Waals surface area contributed by atoms with Gasteiger partial charge in [-0.2, -0.15) is 5.10 Å². The van der Waals surface area contributed by atoms with E-state index in [2.05, 4.69) is 25.4 Å². The molecule has 0 fully saturated rings. The molecule has 0 aliphatic rings. The van der Waals surface area contributed by atoms with Gasteiger partial charge >= 0.3 is 0 Å². The minimum absolute atomic E-state index is 0.0272. The van der Waals surface area contributed by atoms with E-state index in [1.807, 2.05) is 45.0 Å². The molecule has 0 spiro atoms. The summed E-state index contributed by atoms with van der Waals surface area (Å²) in [5.41, 5.74) is 2.14. The van der Waals surface area contributed by atoms with E-state index in [-0.39, 0.29) is 18.6 Å². The van der Waals surface area contributed by atoms with E-state index in [9.17, 15) is 4.79 Å². The van der Waals surface area contributed by atoms with Gasteiger partial charge in [0.15, 0.2) is 5.65 Å². The monoisotopic (exact) mass is 466 g/mol. The number of carbonyl (C=O) groups is 1. The summed E-state index contributed by atoms with van der Waals surface area (Å²) in [6.07, 6.45) is 3.50. The first-order chi connectivity index (χ1) is 15.9. The van der Waals surface area contributed by atoms with Crippen LogP contribution in [0.15, 0.2) is 55.1 Å². The van der Waals surface area contributed by atoms with Gasteiger partial charge in [0.1, 0.15) is 17.5 Å². The van der Waals surface area contributed by atoms with Crippen molar-refractivity contribution in [2.24, 2.45) is 0 Å². The topological polar surface area (TPSA) is 104 Å². The smallest absolute Gasteiger partial charge is 0.269 e. The quantitative estimate of drug-likeness (QED) is 0.418. The minimum Gasteiger partial charge on any atom is -0.461 e. The Kier molecular flexibility index (Phi) is 6.81.